The first-order chi connectivity index (χ1) is 26.2. The molecule has 0 saturated carbocycles. The second kappa shape index (κ2) is 40.3. The first-order valence-electron chi connectivity index (χ1n) is 23.2. The molecule has 8 nitrogen and oxygen atoms in total. The van der Waals surface area contributed by atoms with Crippen LogP contribution in [0.3, 0.4) is 0 Å². The lowest BCUT2D eigenvalue weighted by Gasteiger charge is -2.18. The quantitative estimate of drug-likeness (QED) is 0.0356. The zero-order valence-corrected chi connectivity index (χ0v) is 36.7. The molecule has 0 spiro atoms. The van der Waals surface area contributed by atoms with E-state index in [9.17, 15) is 14.2 Å². The fourth-order valence-electron chi connectivity index (χ4n) is 7.06. The smallest absolute Gasteiger partial charge is 0.462 e. The maximum atomic E-state index is 12.4. The molecule has 2 atom stereocenters. The molecule has 0 fully saturated rings. The Morgan fingerprint density at radius 3 is 1.17 bits per heavy atom. The highest BCUT2D eigenvalue weighted by atomic mass is 31.2. The van der Waals surface area contributed by atoms with Crippen LogP contribution in [-0.4, -0.2) is 41.0 Å². The van der Waals surface area contributed by atoms with E-state index >= 15 is 0 Å². The van der Waals surface area contributed by atoms with E-state index in [2.05, 4.69) is 25.3 Å². The molecule has 0 aliphatic rings. The highest BCUT2D eigenvalue weighted by molar-refractivity contribution is 7.46. The Bertz CT molecular complexity index is 863. The van der Waals surface area contributed by atoms with Crippen LogP contribution in [0.4, 0.5) is 0 Å². The van der Waals surface area contributed by atoms with Gasteiger partial charge in [-0.05, 0) is 18.8 Å². The van der Waals surface area contributed by atoms with Crippen LogP contribution in [0.5, 0.6) is 0 Å². The van der Waals surface area contributed by atoms with Crippen molar-refractivity contribution in [2.24, 2.45) is 5.92 Å². The fourth-order valence-corrected chi connectivity index (χ4v) is 7.42. The average Bonchev–Trinajstić information content (AvgIpc) is 3.14. The average molecular weight is 789 g/mol. The summed E-state index contributed by atoms with van der Waals surface area (Å²) in [5.41, 5.74) is 0. The minimum absolute atomic E-state index is 0.220. The van der Waals surface area contributed by atoms with E-state index in [1.54, 1.807) is 0 Å². The number of rotatable bonds is 43. The van der Waals surface area contributed by atoms with Crippen molar-refractivity contribution >= 4 is 19.8 Å². The first-order valence-corrected chi connectivity index (χ1v) is 24.8. The van der Waals surface area contributed by atoms with Crippen molar-refractivity contribution in [2.75, 3.05) is 13.2 Å². The van der Waals surface area contributed by atoms with E-state index in [0.29, 0.717) is 6.42 Å². The molecule has 322 valence electrons. The van der Waals surface area contributed by atoms with Crippen LogP contribution in [0.1, 0.15) is 252 Å². The van der Waals surface area contributed by atoms with Gasteiger partial charge in [-0.2, -0.15) is 0 Å². The van der Waals surface area contributed by atoms with Crippen LogP contribution < -0.4 is 0 Å². The predicted molar refractivity (Wildman–Crippen MR) is 226 cm³/mol. The van der Waals surface area contributed by atoms with Gasteiger partial charge in [-0.3, -0.25) is 14.1 Å². The molecule has 0 radical (unpaired) electrons. The lowest BCUT2D eigenvalue weighted by molar-refractivity contribution is -0.161. The molecule has 0 amide bonds. The molecule has 2 N–H and O–H groups in total. The zero-order chi connectivity index (χ0) is 39.8. The Hall–Kier alpha value is -0.950. The van der Waals surface area contributed by atoms with Crippen molar-refractivity contribution in [1.82, 2.24) is 0 Å². The van der Waals surface area contributed by atoms with Crippen LogP contribution in [0, 0.1) is 5.92 Å². The summed E-state index contributed by atoms with van der Waals surface area (Å²) in [4.78, 5) is 43.0. The third-order valence-electron chi connectivity index (χ3n) is 10.9. The van der Waals surface area contributed by atoms with Gasteiger partial charge in [-0.25, -0.2) is 4.57 Å². The number of hydrogen-bond donors (Lipinski definition) is 2. The number of esters is 2. The molecule has 9 heteroatoms. The monoisotopic (exact) mass is 789 g/mol. The van der Waals surface area contributed by atoms with Gasteiger partial charge in [0, 0.05) is 12.8 Å². The summed E-state index contributed by atoms with van der Waals surface area (Å²) < 4.78 is 26.5. The van der Waals surface area contributed by atoms with Gasteiger partial charge >= 0.3 is 19.8 Å². The second-order valence-electron chi connectivity index (χ2n) is 16.3. The summed E-state index contributed by atoms with van der Waals surface area (Å²) in [5, 5.41) is 0. The maximum absolute atomic E-state index is 12.4. The molecule has 0 aromatic heterocycles. The van der Waals surface area contributed by atoms with Gasteiger partial charge in [0.15, 0.2) is 6.10 Å². The zero-order valence-electron chi connectivity index (χ0n) is 35.8. The lowest BCUT2D eigenvalue weighted by Crippen LogP contribution is -2.29. The number of phosphoric acid groups is 1. The minimum atomic E-state index is -4.75. The van der Waals surface area contributed by atoms with Gasteiger partial charge in [-0.1, -0.05) is 226 Å². The van der Waals surface area contributed by atoms with Gasteiger partial charge in [0.1, 0.15) is 6.61 Å². The summed E-state index contributed by atoms with van der Waals surface area (Å²) in [6.45, 7) is 6.11. The van der Waals surface area contributed by atoms with Crippen LogP contribution in [0.15, 0.2) is 0 Å². The number of hydrogen-bond acceptors (Lipinski definition) is 6. The molecular weight excluding hydrogens is 699 g/mol. The van der Waals surface area contributed by atoms with Crippen molar-refractivity contribution in [2.45, 2.75) is 258 Å². The Balaban J connectivity index is 3.82. The van der Waals surface area contributed by atoms with Crippen molar-refractivity contribution in [3.8, 4) is 0 Å². The van der Waals surface area contributed by atoms with Gasteiger partial charge < -0.3 is 19.3 Å². The number of unbranched alkanes of at least 4 members (excludes halogenated alkanes) is 30. The van der Waals surface area contributed by atoms with Crippen LogP contribution in [0.25, 0.3) is 0 Å². The van der Waals surface area contributed by atoms with E-state index < -0.39 is 32.5 Å². The third-order valence-corrected chi connectivity index (χ3v) is 11.4. The van der Waals surface area contributed by atoms with Crippen molar-refractivity contribution in [1.29, 1.82) is 0 Å². The number of carbonyl (C=O) groups excluding carboxylic acids is 2. The topological polar surface area (TPSA) is 119 Å². The highest BCUT2D eigenvalue weighted by Gasteiger charge is 2.23. The third kappa shape index (κ3) is 42.2. The van der Waals surface area contributed by atoms with Crippen molar-refractivity contribution in [3.05, 3.63) is 0 Å². The summed E-state index contributed by atoms with van der Waals surface area (Å²) in [6, 6.07) is 0. The van der Waals surface area contributed by atoms with Gasteiger partial charge in [0.25, 0.3) is 0 Å². The van der Waals surface area contributed by atoms with Crippen LogP contribution in [0.2, 0.25) is 0 Å². The number of ether oxygens (including phenoxy) is 2. The second-order valence-corrected chi connectivity index (χ2v) is 17.6. The summed E-state index contributed by atoms with van der Waals surface area (Å²) in [7, 11) is -4.75. The lowest BCUT2D eigenvalue weighted by atomic mass is 9.99. The maximum Gasteiger partial charge on any atom is 0.469 e. The van der Waals surface area contributed by atoms with Gasteiger partial charge in [-0.15, -0.1) is 0 Å². The molecule has 0 saturated heterocycles. The predicted octanol–water partition coefficient (Wildman–Crippen LogP) is 14.3. The Morgan fingerprint density at radius 2 is 0.815 bits per heavy atom. The summed E-state index contributed by atoms with van der Waals surface area (Å²) in [5.74, 6) is 0.0166. The van der Waals surface area contributed by atoms with Gasteiger partial charge in [0.2, 0.25) is 0 Å². The van der Waals surface area contributed by atoms with E-state index in [-0.39, 0.29) is 19.4 Å². The molecule has 0 aromatic carbocycles. The van der Waals surface area contributed by atoms with E-state index in [1.165, 1.54) is 180 Å². The summed E-state index contributed by atoms with van der Waals surface area (Å²) in [6.07, 6.45) is 42.5. The standard InChI is InChI=1S/C45H89O8P/c1-4-6-7-8-9-10-11-12-13-14-15-16-20-23-26-29-32-35-38-44(46)51-40-43(41-52-54(48,49)50)53-45(47)39-36-33-30-27-24-21-18-17-19-22-25-28-31-34-37-42(3)5-2/h42-43H,4-41H2,1-3H3,(H2,48,49,50)/t42?,43-/m1/s1. The molecular formula is C45H89O8P. The molecule has 0 heterocycles. The minimum Gasteiger partial charge on any atom is -0.462 e. The Labute approximate surface area is 334 Å². The van der Waals surface area contributed by atoms with Crippen molar-refractivity contribution in [3.63, 3.8) is 0 Å². The number of phosphoric ester groups is 1. The Kier molecular flexibility index (Phi) is 39.5. The largest absolute Gasteiger partial charge is 0.469 e. The van der Waals surface area contributed by atoms with E-state index in [1.807, 2.05) is 0 Å². The van der Waals surface area contributed by atoms with Crippen LogP contribution in [-0.2, 0) is 28.2 Å². The molecule has 0 aliphatic heterocycles. The first kappa shape index (κ1) is 53.0. The van der Waals surface area contributed by atoms with E-state index in [4.69, 9.17) is 19.3 Å². The number of carbonyl (C=O) groups is 2. The molecule has 0 rings (SSSR count). The SMILES string of the molecule is CCCCCCCCCCCCCCCCCCCCC(=O)OC[C@H](COP(=O)(O)O)OC(=O)CCCCCCCCCCCCCCCCC(C)CC. The van der Waals surface area contributed by atoms with E-state index in [0.717, 1.165) is 38.0 Å². The molecule has 0 aromatic rings. The highest BCUT2D eigenvalue weighted by Crippen LogP contribution is 2.36. The normalized spacial score (nSPS) is 12.9. The molecule has 1 unspecified atom stereocenters. The molecule has 0 bridgehead atoms. The van der Waals surface area contributed by atoms with Gasteiger partial charge in [0.05, 0.1) is 6.61 Å². The molecule has 54 heavy (non-hydrogen) atoms. The van der Waals surface area contributed by atoms with Crippen LogP contribution >= 0.6 is 7.82 Å². The Morgan fingerprint density at radius 1 is 0.481 bits per heavy atom. The summed E-state index contributed by atoms with van der Waals surface area (Å²) >= 11 is 0. The molecule has 0 aliphatic carbocycles. The van der Waals surface area contributed by atoms with Crippen molar-refractivity contribution < 1.29 is 37.9 Å². The fraction of sp³-hybridized carbons (Fsp3) is 0.956.